The van der Waals surface area contributed by atoms with E-state index in [4.69, 9.17) is 0 Å². The molecule has 0 amide bonds. The molecule has 0 fully saturated rings. The first-order chi connectivity index (χ1) is 24.6. The summed E-state index contributed by atoms with van der Waals surface area (Å²) in [6, 6.07) is 56.0. The van der Waals surface area contributed by atoms with Crippen molar-refractivity contribution in [1.29, 1.82) is 0 Å². The van der Waals surface area contributed by atoms with Gasteiger partial charge in [-0.15, -0.1) is 0 Å². The summed E-state index contributed by atoms with van der Waals surface area (Å²) < 4.78 is 0. The van der Waals surface area contributed by atoms with Crippen molar-refractivity contribution in [3.05, 3.63) is 206 Å². The van der Waals surface area contributed by atoms with Gasteiger partial charge in [-0.05, 0) is 117 Å². The summed E-state index contributed by atoms with van der Waals surface area (Å²) >= 11 is 0. The molecule has 0 atom stereocenters. The van der Waals surface area contributed by atoms with Gasteiger partial charge in [0.25, 0.3) is 0 Å². The molecule has 0 saturated heterocycles. The summed E-state index contributed by atoms with van der Waals surface area (Å²) in [5, 5.41) is 2.43. The maximum absolute atomic E-state index is 4.04. The van der Waals surface area contributed by atoms with E-state index in [1.807, 2.05) is 24.3 Å². The van der Waals surface area contributed by atoms with Crippen LogP contribution in [0.2, 0.25) is 0 Å². The molecule has 240 valence electrons. The summed E-state index contributed by atoms with van der Waals surface area (Å²) in [6.45, 7) is 15.9. The zero-order valence-corrected chi connectivity index (χ0v) is 28.0. The Morgan fingerprint density at radius 2 is 0.720 bits per heavy atom. The highest BCUT2D eigenvalue weighted by atomic mass is 15.1. The van der Waals surface area contributed by atoms with Crippen molar-refractivity contribution in [1.82, 2.24) is 0 Å². The highest BCUT2D eigenvalue weighted by Crippen LogP contribution is 2.39. The maximum atomic E-state index is 4.04. The van der Waals surface area contributed by atoms with Crippen LogP contribution < -0.4 is 9.80 Å². The van der Waals surface area contributed by atoms with Crippen molar-refractivity contribution in [2.24, 2.45) is 0 Å². The van der Waals surface area contributed by atoms with Gasteiger partial charge >= 0.3 is 0 Å². The summed E-state index contributed by atoms with van der Waals surface area (Å²) in [5.74, 6) is 0. The first-order valence-electron chi connectivity index (χ1n) is 16.7. The number of hydrogen-bond acceptors (Lipinski definition) is 2. The Kier molecular flexibility index (Phi) is 9.09. The Morgan fingerprint density at radius 3 is 1.18 bits per heavy atom. The first kappa shape index (κ1) is 31.9. The van der Waals surface area contributed by atoms with Crippen molar-refractivity contribution < 1.29 is 0 Å². The van der Waals surface area contributed by atoms with Gasteiger partial charge in [0.15, 0.2) is 0 Å². The lowest BCUT2D eigenvalue weighted by molar-refractivity contribution is 1.28. The van der Waals surface area contributed by atoms with Crippen molar-refractivity contribution in [3.8, 4) is 11.1 Å². The number of hydrogen-bond donors (Lipinski definition) is 0. The molecule has 0 unspecified atom stereocenters. The molecule has 0 radical (unpaired) electrons. The molecule has 2 nitrogen and oxygen atoms in total. The lowest BCUT2D eigenvalue weighted by Gasteiger charge is -2.27. The van der Waals surface area contributed by atoms with Gasteiger partial charge in [0.2, 0.25) is 0 Å². The van der Waals surface area contributed by atoms with E-state index in [-0.39, 0.29) is 0 Å². The van der Waals surface area contributed by atoms with Gasteiger partial charge < -0.3 is 9.80 Å². The number of nitrogens with zero attached hydrogens (tertiary/aromatic N) is 2. The third-order valence-electron chi connectivity index (χ3n) is 9.12. The van der Waals surface area contributed by atoms with Gasteiger partial charge in [-0.3, -0.25) is 0 Å². The van der Waals surface area contributed by atoms with Crippen LogP contribution in [-0.2, 0) is 0 Å². The first-order valence-corrected chi connectivity index (χ1v) is 16.7. The van der Waals surface area contributed by atoms with E-state index in [0.29, 0.717) is 0 Å². The summed E-state index contributed by atoms with van der Waals surface area (Å²) in [6.07, 6.45) is 7.48. The molecule has 7 aromatic rings. The van der Waals surface area contributed by atoms with E-state index < -0.39 is 0 Å². The lowest BCUT2D eigenvalue weighted by Crippen LogP contribution is -2.10. The predicted octanol–water partition coefficient (Wildman–Crippen LogP) is 14.0. The fraction of sp³-hybridized carbons (Fsp3) is 0. The van der Waals surface area contributed by atoms with E-state index in [9.17, 15) is 0 Å². The van der Waals surface area contributed by atoms with Crippen LogP contribution in [0.4, 0.5) is 34.1 Å². The molecule has 0 aliphatic carbocycles. The second kappa shape index (κ2) is 14.2. The molecule has 0 bridgehead atoms. The highest BCUT2D eigenvalue weighted by Gasteiger charge is 2.16. The number of anilines is 6. The molecule has 7 aromatic carbocycles. The second-order valence-corrected chi connectivity index (χ2v) is 12.1. The molecule has 0 saturated carbocycles. The largest absolute Gasteiger partial charge is 0.310 e. The molecule has 0 aliphatic heterocycles. The molecular formula is C48H38N2. The molecule has 2 heteroatoms. The fourth-order valence-electron chi connectivity index (χ4n) is 6.40. The van der Waals surface area contributed by atoms with E-state index in [2.05, 4.69) is 194 Å². The third-order valence-corrected chi connectivity index (χ3v) is 9.12. The Labute approximate surface area is 295 Å². The zero-order valence-electron chi connectivity index (χ0n) is 28.0. The highest BCUT2D eigenvalue weighted by molar-refractivity contribution is 5.90. The molecule has 0 aromatic heterocycles. The molecule has 7 rings (SSSR count). The lowest BCUT2D eigenvalue weighted by atomic mass is 10.0. The smallest absolute Gasteiger partial charge is 0.0468 e. The SMILES string of the molecule is C=Cc1ccc(N(c2ccc(-c3ccc(N(c4ccc(C=C)cc4)c4ccc5ccccc5c4)cc3)cc2)c2ccc(C=C)c(C=C)c2)cc1. The Hall–Kier alpha value is -6.64. The van der Waals surface area contributed by atoms with Crippen LogP contribution in [0, 0.1) is 0 Å². The van der Waals surface area contributed by atoms with Crippen molar-refractivity contribution >= 4 is 69.2 Å². The van der Waals surface area contributed by atoms with E-state index >= 15 is 0 Å². The summed E-state index contributed by atoms with van der Waals surface area (Å²) in [5.41, 5.74) is 13.0. The number of fused-ring (bicyclic) bond motifs is 1. The van der Waals surface area contributed by atoms with Crippen molar-refractivity contribution in [2.45, 2.75) is 0 Å². The van der Waals surface area contributed by atoms with Crippen LogP contribution in [0.5, 0.6) is 0 Å². The van der Waals surface area contributed by atoms with Crippen LogP contribution in [0.1, 0.15) is 22.3 Å². The van der Waals surface area contributed by atoms with Crippen molar-refractivity contribution in [2.75, 3.05) is 9.80 Å². The van der Waals surface area contributed by atoms with Crippen LogP contribution in [-0.4, -0.2) is 0 Å². The van der Waals surface area contributed by atoms with Crippen LogP contribution in [0.3, 0.4) is 0 Å². The maximum Gasteiger partial charge on any atom is 0.0468 e. The van der Waals surface area contributed by atoms with Gasteiger partial charge in [0, 0.05) is 34.1 Å². The standard InChI is InChI=1S/C48H38N2/c1-5-35-13-23-43(24-14-35)49(47-31-17-37(7-3)38(8-4)33-47)45-27-18-40(19-28-45)41-20-29-46(30-21-41)50(44-25-15-36(6-2)16-26-44)48-32-22-39-11-9-10-12-42(39)34-48/h5-34H,1-4H2. The van der Waals surface area contributed by atoms with Crippen LogP contribution in [0.25, 0.3) is 46.2 Å². The van der Waals surface area contributed by atoms with Gasteiger partial charge in [0.05, 0.1) is 0 Å². The third kappa shape index (κ3) is 6.43. The second-order valence-electron chi connectivity index (χ2n) is 12.1. The monoisotopic (exact) mass is 642 g/mol. The normalized spacial score (nSPS) is 10.7. The van der Waals surface area contributed by atoms with Crippen LogP contribution in [0.15, 0.2) is 184 Å². The van der Waals surface area contributed by atoms with Gasteiger partial charge in [-0.25, -0.2) is 0 Å². The Balaban J connectivity index is 1.23. The molecule has 0 heterocycles. The molecule has 0 spiro atoms. The fourth-order valence-corrected chi connectivity index (χ4v) is 6.40. The average Bonchev–Trinajstić information content (AvgIpc) is 3.19. The zero-order chi connectivity index (χ0) is 34.5. The number of rotatable bonds is 11. The minimum atomic E-state index is 1.04. The van der Waals surface area contributed by atoms with Gasteiger partial charge in [-0.1, -0.05) is 136 Å². The summed E-state index contributed by atoms with van der Waals surface area (Å²) in [4.78, 5) is 4.57. The predicted molar refractivity (Wildman–Crippen MR) is 219 cm³/mol. The molecule has 0 aliphatic rings. The molecular weight excluding hydrogens is 605 g/mol. The minimum absolute atomic E-state index is 1.04. The molecule has 50 heavy (non-hydrogen) atoms. The Bertz CT molecular complexity index is 2310. The molecule has 0 N–H and O–H groups in total. The van der Waals surface area contributed by atoms with E-state index in [0.717, 1.165) is 67.5 Å². The van der Waals surface area contributed by atoms with Crippen molar-refractivity contribution in [3.63, 3.8) is 0 Å². The van der Waals surface area contributed by atoms with E-state index in [1.165, 1.54) is 10.8 Å². The van der Waals surface area contributed by atoms with E-state index in [1.54, 1.807) is 0 Å². The Morgan fingerprint density at radius 1 is 0.320 bits per heavy atom. The van der Waals surface area contributed by atoms with Gasteiger partial charge in [0.1, 0.15) is 0 Å². The van der Waals surface area contributed by atoms with Crippen LogP contribution >= 0.6 is 0 Å². The van der Waals surface area contributed by atoms with Gasteiger partial charge in [-0.2, -0.15) is 0 Å². The average molecular weight is 643 g/mol. The number of benzene rings is 7. The quantitative estimate of drug-likeness (QED) is 0.139. The topological polar surface area (TPSA) is 6.48 Å². The minimum Gasteiger partial charge on any atom is -0.310 e. The summed E-state index contributed by atoms with van der Waals surface area (Å²) in [7, 11) is 0.